The Morgan fingerprint density at radius 3 is 2.78 bits per heavy atom. The molecule has 1 saturated heterocycles. The molecule has 0 atom stereocenters. The van der Waals surface area contributed by atoms with Gasteiger partial charge in [0.2, 0.25) is 5.91 Å². The van der Waals surface area contributed by atoms with Crippen molar-refractivity contribution in [2.24, 2.45) is 0 Å². The summed E-state index contributed by atoms with van der Waals surface area (Å²) >= 11 is 0. The Bertz CT molecular complexity index is 565. The van der Waals surface area contributed by atoms with Gasteiger partial charge in [-0.3, -0.25) is 19.8 Å². The molecule has 3 amide bonds. The maximum atomic E-state index is 11.6. The van der Waals surface area contributed by atoms with Gasteiger partial charge < -0.3 is 4.79 Å². The van der Waals surface area contributed by atoms with E-state index in [0.717, 1.165) is 4.68 Å². The number of hydrogen-bond donors (Lipinski definition) is 1. The SMILES string of the molecule is O=CCn1ncc(N2CCC(=O)NC2=O)cc1=O. The van der Waals surface area contributed by atoms with E-state index >= 15 is 0 Å². The van der Waals surface area contributed by atoms with Crippen LogP contribution in [0.4, 0.5) is 10.5 Å². The van der Waals surface area contributed by atoms with Gasteiger partial charge in [-0.25, -0.2) is 9.48 Å². The van der Waals surface area contributed by atoms with Crippen LogP contribution in [-0.2, 0) is 16.1 Å². The van der Waals surface area contributed by atoms with Gasteiger partial charge in [-0.15, -0.1) is 0 Å². The third kappa shape index (κ3) is 2.26. The first kappa shape index (κ1) is 12.0. The highest BCUT2D eigenvalue weighted by molar-refractivity contribution is 6.05. The number of carbonyl (C=O) groups excluding carboxylic acids is 3. The maximum absolute atomic E-state index is 11.6. The summed E-state index contributed by atoms with van der Waals surface area (Å²) in [7, 11) is 0. The Hall–Kier alpha value is -2.51. The minimum absolute atomic E-state index is 0.135. The second kappa shape index (κ2) is 4.78. The zero-order chi connectivity index (χ0) is 13.1. The molecule has 1 aromatic rings. The second-order valence-electron chi connectivity index (χ2n) is 3.66. The highest BCUT2D eigenvalue weighted by Gasteiger charge is 2.24. The highest BCUT2D eigenvalue weighted by atomic mass is 16.2. The molecule has 1 aliphatic rings. The van der Waals surface area contributed by atoms with Gasteiger partial charge >= 0.3 is 6.03 Å². The number of carbonyl (C=O) groups is 3. The molecule has 0 spiro atoms. The molecule has 18 heavy (non-hydrogen) atoms. The summed E-state index contributed by atoms with van der Waals surface area (Å²) in [5, 5.41) is 5.91. The van der Waals surface area contributed by atoms with E-state index in [9.17, 15) is 19.2 Å². The van der Waals surface area contributed by atoms with E-state index in [1.807, 2.05) is 0 Å². The quantitative estimate of drug-likeness (QED) is 0.685. The predicted molar refractivity (Wildman–Crippen MR) is 60.1 cm³/mol. The lowest BCUT2D eigenvalue weighted by Crippen LogP contribution is -2.50. The fourth-order valence-corrected chi connectivity index (χ4v) is 1.59. The molecular weight excluding hydrogens is 240 g/mol. The first-order valence-corrected chi connectivity index (χ1v) is 5.24. The highest BCUT2D eigenvalue weighted by Crippen LogP contribution is 2.12. The van der Waals surface area contributed by atoms with Crippen molar-refractivity contribution in [1.29, 1.82) is 0 Å². The molecule has 1 aliphatic heterocycles. The molecule has 2 rings (SSSR count). The molecule has 0 unspecified atom stereocenters. The lowest BCUT2D eigenvalue weighted by atomic mass is 10.3. The fraction of sp³-hybridized carbons (Fsp3) is 0.300. The minimum atomic E-state index is -0.583. The summed E-state index contributed by atoms with van der Waals surface area (Å²) < 4.78 is 0.976. The fourth-order valence-electron chi connectivity index (χ4n) is 1.59. The van der Waals surface area contributed by atoms with Crippen molar-refractivity contribution in [2.45, 2.75) is 13.0 Å². The van der Waals surface area contributed by atoms with Gasteiger partial charge in [-0.05, 0) is 0 Å². The summed E-state index contributed by atoms with van der Waals surface area (Å²) in [6.07, 6.45) is 2.03. The number of nitrogens with one attached hydrogen (secondary N) is 1. The van der Waals surface area contributed by atoms with Crippen LogP contribution in [0.5, 0.6) is 0 Å². The number of rotatable bonds is 3. The Kier molecular flexibility index (Phi) is 3.18. The lowest BCUT2D eigenvalue weighted by molar-refractivity contribution is -0.120. The molecule has 1 fully saturated rings. The Morgan fingerprint density at radius 1 is 1.39 bits per heavy atom. The summed E-state index contributed by atoms with van der Waals surface area (Å²) in [6, 6.07) is 0.617. The molecule has 0 aliphatic carbocycles. The molecule has 0 radical (unpaired) electrons. The first-order chi connectivity index (χ1) is 8.61. The van der Waals surface area contributed by atoms with Crippen LogP contribution in [0.25, 0.3) is 0 Å². The Balaban J connectivity index is 2.26. The van der Waals surface area contributed by atoms with Crippen LogP contribution in [-0.4, -0.2) is 34.5 Å². The van der Waals surface area contributed by atoms with Crippen molar-refractivity contribution in [2.75, 3.05) is 11.4 Å². The number of aldehydes is 1. The predicted octanol–water partition coefficient (Wildman–Crippen LogP) is -1.11. The van der Waals surface area contributed by atoms with Crippen LogP contribution in [0, 0.1) is 0 Å². The van der Waals surface area contributed by atoms with Gasteiger partial charge in [0.05, 0.1) is 11.9 Å². The summed E-state index contributed by atoms with van der Waals surface area (Å²) in [5.41, 5.74) is -0.184. The topological polar surface area (TPSA) is 101 Å². The number of imide groups is 1. The number of nitrogens with zero attached hydrogens (tertiary/aromatic N) is 3. The number of amides is 3. The first-order valence-electron chi connectivity index (χ1n) is 5.24. The van der Waals surface area contributed by atoms with E-state index in [2.05, 4.69) is 10.4 Å². The van der Waals surface area contributed by atoms with Crippen molar-refractivity contribution in [3.05, 3.63) is 22.6 Å². The lowest BCUT2D eigenvalue weighted by Gasteiger charge is -2.25. The number of aromatic nitrogens is 2. The summed E-state index contributed by atoms with van der Waals surface area (Å²) in [4.78, 5) is 45.6. The van der Waals surface area contributed by atoms with E-state index in [-0.39, 0.29) is 25.4 Å². The molecule has 94 valence electrons. The van der Waals surface area contributed by atoms with E-state index in [1.54, 1.807) is 0 Å². The molecule has 0 saturated carbocycles. The second-order valence-corrected chi connectivity index (χ2v) is 3.66. The van der Waals surface area contributed by atoms with Crippen molar-refractivity contribution >= 4 is 23.9 Å². The van der Waals surface area contributed by atoms with E-state index < -0.39 is 11.6 Å². The monoisotopic (exact) mass is 250 g/mol. The molecule has 0 bridgehead atoms. The maximum Gasteiger partial charge on any atom is 0.328 e. The van der Waals surface area contributed by atoms with Crippen LogP contribution in [0.1, 0.15) is 6.42 Å². The van der Waals surface area contributed by atoms with Crippen LogP contribution < -0.4 is 15.8 Å². The number of hydrogen-bond acceptors (Lipinski definition) is 5. The van der Waals surface area contributed by atoms with E-state index in [0.29, 0.717) is 12.0 Å². The van der Waals surface area contributed by atoms with Crippen molar-refractivity contribution in [1.82, 2.24) is 15.1 Å². The smallest absolute Gasteiger partial charge is 0.301 e. The molecule has 1 N–H and O–H groups in total. The average molecular weight is 250 g/mol. The Labute approximate surface area is 101 Å². The van der Waals surface area contributed by atoms with Crippen molar-refractivity contribution < 1.29 is 14.4 Å². The van der Waals surface area contributed by atoms with Crippen LogP contribution in [0.3, 0.4) is 0 Å². The van der Waals surface area contributed by atoms with Gasteiger partial charge in [0.25, 0.3) is 5.56 Å². The average Bonchev–Trinajstić information content (AvgIpc) is 2.32. The third-order valence-corrected chi connectivity index (χ3v) is 2.47. The molecule has 0 aromatic carbocycles. The van der Waals surface area contributed by atoms with Gasteiger partial charge in [0, 0.05) is 19.0 Å². The minimum Gasteiger partial charge on any atom is -0.301 e. The number of anilines is 1. The van der Waals surface area contributed by atoms with Gasteiger partial charge in [0.15, 0.2) is 0 Å². The van der Waals surface area contributed by atoms with Crippen LogP contribution >= 0.6 is 0 Å². The van der Waals surface area contributed by atoms with Crippen molar-refractivity contribution in [3.63, 3.8) is 0 Å². The van der Waals surface area contributed by atoms with Crippen molar-refractivity contribution in [3.8, 4) is 0 Å². The standard InChI is InChI=1S/C10H10N4O4/c15-4-3-14-9(17)5-7(6-11-14)13-2-1-8(16)12-10(13)18/h4-6H,1-3H2,(H,12,16,18). The molecule has 8 heteroatoms. The van der Waals surface area contributed by atoms with E-state index in [4.69, 9.17) is 0 Å². The molecule has 8 nitrogen and oxygen atoms in total. The molecular formula is C10H10N4O4. The normalized spacial score (nSPS) is 15.4. The molecule has 1 aromatic heterocycles. The zero-order valence-electron chi connectivity index (χ0n) is 9.33. The van der Waals surface area contributed by atoms with Gasteiger partial charge in [-0.2, -0.15) is 5.10 Å². The third-order valence-electron chi connectivity index (χ3n) is 2.47. The van der Waals surface area contributed by atoms with Gasteiger partial charge in [-0.1, -0.05) is 0 Å². The number of urea groups is 1. The summed E-state index contributed by atoms with van der Waals surface area (Å²) in [5.74, 6) is -0.349. The van der Waals surface area contributed by atoms with Crippen LogP contribution in [0.2, 0.25) is 0 Å². The Morgan fingerprint density at radius 2 is 2.17 bits per heavy atom. The van der Waals surface area contributed by atoms with E-state index in [1.165, 1.54) is 17.2 Å². The largest absolute Gasteiger partial charge is 0.328 e. The van der Waals surface area contributed by atoms with Gasteiger partial charge in [0.1, 0.15) is 12.8 Å². The zero-order valence-corrected chi connectivity index (χ0v) is 9.33. The molecule has 2 heterocycles. The van der Waals surface area contributed by atoms with Crippen LogP contribution in [0.15, 0.2) is 17.1 Å². The summed E-state index contributed by atoms with van der Waals surface area (Å²) in [6.45, 7) is 0.0628.